The fraction of sp³-hybridized carbons (Fsp3) is 0.400. The van der Waals surface area contributed by atoms with Crippen molar-refractivity contribution in [1.82, 2.24) is 0 Å². The summed E-state index contributed by atoms with van der Waals surface area (Å²) in [5.41, 5.74) is 2.10. The molecule has 1 aliphatic heterocycles. The summed E-state index contributed by atoms with van der Waals surface area (Å²) in [6, 6.07) is 19.6. The lowest BCUT2D eigenvalue weighted by atomic mass is 10.0. The van der Waals surface area contributed by atoms with Gasteiger partial charge in [-0.15, -0.1) is 0 Å². The molecule has 1 aliphatic rings. The van der Waals surface area contributed by atoms with E-state index in [9.17, 15) is 10.2 Å². The predicted molar refractivity (Wildman–Crippen MR) is 92.6 cm³/mol. The number of aliphatic hydroxyl groups excluding tert-OH is 2. The van der Waals surface area contributed by atoms with Crippen LogP contribution in [0.15, 0.2) is 60.7 Å². The van der Waals surface area contributed by atoms with Crippen molar-refractivity contribution in [2.45, 2.75) is 44.2 Å². The van der Waals surface area contributed by atoms with Gasteiger partial charge in [-0.2, -0.15) is 0 Å². The van der Waals surface area contributed by atoms with E-state index in [0.717, 1.165) is 11.1 Å². The summed E-state index contributed by atoms with van der Waals surface area (Å²) in [6.07, 6.45) is -2.66. The number of ether oxygens (including phenoxy) is 3. The average Bonchev–Trinajstić information content (AvgIpc) is 2.65. The Kier molecular flexibility index (Phi) is 6.55. The van der Waals surface area contributed by atoms with Gasteiger partial charge >= 0.3 is 0 Å². The van der Waals surface area contributed by atoms with Gasteiger partial charge in [-0.05, 0) is 11.1 Å². The third-order valence-corrected chi connectivity index (χ3v) is 4.22. The van der Waals surface area contributed by atoms with Gasteiger partial charge in [0, 0.05) is 6.42 Å². The van der Waals surface area contributed by atoms with E-state index < -0.39 is 18.5 Å². The van der Waals surface area contributed by atoms with Crippen LogP contribution in [0.25, 0.3) is 0 Å². The molecule has 1 fully saturated rings. The average molecular weight is 344 g/mol. The second-order valence-electron chi connectivity index (χ2n) is 6.21. The van der Waals surface area contributed by atoms with Gasteiger partial charge in [0.2, 0.25) is 0 Å². The number of aliphatic hydroxyl groups is 2. The van der Waals surface area contributed by atoms with Crippen LogP contribution in [-0.4, -0.2) is 41.4 Å². The lowest BCUT2D eigenvalue weighted by molar-refractivity contribution is -0.263. The van der Waals surface area contributed by atoms with Gasteiger partial charge in [0.15, 0.2) is 6.29 Å². The highest BCUT2D eigenvalue weighted by atomic mass is 16.6. The molecule has 3 rings (SSSR count). The molecule has 25 heavy (non-hydrogen) atoms. The molecule has 0 bridgehead atoms. The Morgan fingerprint density at radius 1 is 0.880 bits per heavy atom. The van der Waals surface area contributed by atoms with E-state index in [1.165, 1.54) is 0 Å². The number of hydrogen-bond donors (Lipinski definition) is 2. The van der Waals surface area contributed by atoms with Crippen LogP contribution in [0, 0.1) is 0 Å². The van der Waals surface area contributed by atoms with Crippen LogP contribution >= 0.6 is 0 Å². The molecule has 134 valence electrons. The molecular weight excluding hydrogens is 320 g/mol. The minimum absolute atomic E-state index is 0.317. The molecule has 4 atom stereocenters. The van der Waals surface area contributed by atoms with E-state index in [-0.39, 0.29) is 6.10 Å². The Balaban J connectivity index is 1.48. The SMILES string of the molecule is O[C@@H]1[C@H](O)O[C@H](COCc2ccccc2)C[C@@H]1OCc1ccccc1. The second kappa shape index (κ2) is 9.08. The quantitative estimate of drug-likeness (QED) is 0.806. The number of hydrogen-bond acceptors (Lipinski definition) is 5. The van der Waals surface area contributed by atoms with Gasteiger partial charge < -0.3 is 24.4 Å². The Bertz CT molecular complexity index is 618. The van der Waals surface area contributed by atoms with Crippen LogP contribution in [0.4, 0.5) is 0 Å². The van der Waals surface area contributed by atoms with Gasteiger partial charge in [0.05, 0.1) is 32.0 Å². The largest absolute Gasteiger partial charge is 0.385 e. The summed E-state index contributed by atoms with van der Waals surface area (Å²) < 4.78 is 16.9. The van der Waals surface area contributed by atoms with Crippen LogP contribution in [0.1, 0.15) is 17.5 Å². The summed E-state index contributed by atoms with van der Waals surface area (Å²) in [6.45, 7) is 1.20. The minimum Gasteiger partial charge on any atom is -0.385 e. The topological polar surface area (TPSA) is 68.2 Å². The van der Waals surface area contributed by atoms with Crippen molar-refractivity contribution in [3.63, 3.8) is 0 Å². The van der Waals surface area contributed by atoms with Gasteiger partial charge in [-0.3, -0.25) is 0 Å². The molecule has 0 radical (unpaired) electrons. The first kappa shape index (κ1) is 18.0. The molecule has 0 amide bonds. The highest BCUT2D eigenvalue weighted by Gasteiger charge is 2.37. The summed E-state index contributed by atoms with van der Waals surface area (Å²) in [7, 11) is 0. The van der Waals surface area contributed by atoms with E-state index in [1.54, 1.807) is 0 Å². The van der Waals surface area contributed by atoms with Gasteiger partial charge in [-0.1, -0.05) is 60.7 Å². The van der Waals surface area contributed by atoms with E-state index in [2.05, 4.69) is 0 Å². The second-order valence-corrected chi connectivity index (χ2v) is 6.21. The first-order chi connectivity index (χ1) is 12.2. The summed E-state index contributed by atoms with van der Waals surface area (Å²) in [5.74, 6) is 0. The molecular formula is C20H24O5. The van der Waals surface area contributed by atoms with Crippen molar-refractivity contribution < 1.29 is 24.4 Å². The van der Waals surface area contributed by atoms with Crippen molar-refractivity contribution >= 4 is 0 Å². The van der Waals surface area contributed by atoms with Crippen LogP contribution in [0.3, 0.4) is 0 Å². The number of benzene rings is 2. The zero-order valence-electron chi connectivity index (χ0n) is 14.0. The normalized spacial score (nSPS) is 26.5. The van der Waals surface area contributed by atoms with Crippen LogP contribution < -0.4 is 0 Å². The Morgan fingerprint density at radius 2 is 1.48 bits per heavy atom. The molecule has 2 aromatic carbocycles. The van der Waals surface area contributed by atoms with Crippen LogP contribution in [-0.2, 0) is 27.4 Å². The van der Waals surface area contributed by atoms with Crippen molar-refractivity contribution in [1.29, 1.82) is 0 Å². The van der Waals surface area contributed by atoms with E-state index in [1.807, 2.05) is 60.7 Å². The van der Waals surface area contributed by atoms with Crippen molar-refractivity contribution in [2.75, 3.05) is 6.61 Å². The van der Waals surface area contributed by atoms with E-state index in [0.29, 0.717) is 26.2 Å². The number of rotatable bonds is 7. The molecule has 1 saturated heterocycles. The monoisotopic (exact) mass is 344 g/mol. The van der Waals surface area contributed by atoms with Crippen molar-refractivity contribution in [2.24, 2.45) is 0 Å². The summed E-state index contributed by atoms with van der Waals surface area (Å²) in [4.78, 5) is 0. The molecule has 2 N–H and O–H groups in total. The molecule has 1 heterocycles. The molecule has 5 heteroatoms. The van der Waals surface area contributed by atoms with E-state index in [4.69, 9.17) is 14.2 Å². The standard InChI is InChI=1S/C20H24O5/c21-19-18(24-13-16-9-5-2-6-10-16)11-17(25-20(19)22)14-23-12-15-7-3-1-4-8-15/h1-10,17-22H,11-14H2/t17-,18-,19-,20+/m0/s1. The lowest BCUT2D eigenvalue weighted by Gasteiger charge is -2.36. The zero-order chi connectivity index (χ0) is 17.5. The van der Waals surface area contributed by atoms with Crippen molar-refractivity contribution in [3.8, 4) is 0 Å². The highest BCUT2D eigenvalue weighted by molar-refractivity contribution is 5.14. The van der Waals surface area contributed by atoms with Gasteiger partial charge in [0.25, 0.3) is 0 Å². The first-order valence-electron chi connectivity index (χ1n) is 8.51. The fourth-order valence-electron chi connectivity index (χ4n) is 2.85. The highest BCUT2D eigenvalue weighted by Crippen LogP contribution is 2.23. The Morgan fingerprint density at radius 3 is 2.12 bits per heavy atom. The van der Waals surface area contributed by atoms with Crippen LogP contribution in [0.5, 0.6) is 0 Å². The third-order valence-electron chi connectivity index (χ3n) is 4.22. The predicted octanol–water partition coefficient (Wildman–Crippen LogP) is 2.26. The molecule has 0 spiro atoms. The van der Waals surface area contributed by atoms with Crippen LogP contribution in [0.2, 0.25) is 0 Å². The summed E-state index contributed by atoms with van der Waals surface area (Å²) >= 11 is 0. The third kappa shape index (κ3) is 5.36. The smallest absolute Gasteiger partial charge is 0.183 e. The first-order valence-corrected chi connectivity index (χ1v) is 8.51. The van der Waals surface area contributed by atoms with Crippen molar-refractivity contribution in [3.05, 3.63) is 71.8 Å². The maximum absolute atomic E-state index is 10.1. The molecule has 2 aromatic rings. The Labute approximate surface area is 147 Å². The fourth-order valence-corrected chi connectivity index (χ4v) is 2.85. The zero-order valence-corrected chi connectivity index (χ0v) is 14.0. The van der Waals surface area contributed by atoms with Gasteiger partial charge in [0.1, 0.15) is 6.10 Å². The molecule has 0 saturated carbocycles. The molecule has 5 nitrogen and oxygen atoms in total. The molecule has 0 unspecified atom stereocenters. The summed E-state index contributed by atoms with van der Waals surface area (Å²) in [5, 5.41) is 20.0. The maximum atomic E-state index is 10.1. The van der Waals surface area contributed by atoms with E-state index >= 15 is 0 Å². The van der Waals surface area contributed by atoms with Gasteiger partial charge in [-0.25, -0.2) is 0 Å². The lowest BCUT2D eigenvalue weighted by Crippen LogP contribution is -2.50. The molecule has 0 aliphatic carbocycles. The Hall–Kier alpha value is -1.76. The maximum Gasteiger partial charge on any atom is 0.183 e. The minimum atomic E-state index is -1.26. The molecule has 0 aromatic heterocycles.